The van der Waals surface area contributed by atoms with E-state index in [0.717, 1.165) is 0 Å². The molecular formula is C15H13BrN2O3. The summed E-state index contributed by atoms with van der Waals surface area (Å²) in [5, 5.41) is 0. The van der Waals surface area contributed by atoms with Gasteiger partial charge in [-0.1, -0.05) is 6.07 Å². The van der Waals surface area contributed by atoms with Crippen LogP contribution in [0.4, 0.5) is 0 Å². The van der Waals surface area contributed by atoms with Crippen LogP contribution in [0.3, 0.4) is 0 Å². The van der Waals surface area contributed by atoms with Crippen molar-refractivity contribution in [3.63, 3.8) is 0 Å². The molecule has 0 atom stereocenters. The zero-order valence-electron chi connectivity index (χ0n) is 11.1. The number of carbonyl (C=O) groups excluding carboxylic acids is 1. The largest absolute Gasteiger partial charge is 0.480 e. The molecular weight excluding hydrogens is 336 g/mol. The van der Waals surface area contributed by atoms with Gasteiger partial charge in [-0.2, -0.15) is 0 Å². The van der Waals surface area contributed by atoms with E-state index in [9.17, 15) is 9.59 Å². The van der Waals surface area contributed by atoms with Crippen LogP contribution < -0.4 is 10.3 Å². The molecule has 5 nitrogen and oxygen atoms in total. The van der Waals surface area contributed by atoms with Crippen molar-refractivity contribution in [1.82, 2.24) is 9.97 Å². The predicted molar refractivity (Wildman–Crippen MR) is 80.8 cm³/mol. The minimum absolute atomic E-state index is 0.104. The molecule has 0 spiro atoms. The van der Waals surface area contributed by atoms with Crippen molar-refractivity contribution < 1.29 is 9.53 Å². The molecule has 1 saturated carbocycles. The number of ether oxygens (including phenoxy) is 1. The van der Waals surface area contributed by atoms with Gasteiger partial charge in [-0.05, 0) is 46.3 Å². The number of nitrogens with one attached hydrogen (secondary N) is 1. The topological polar surface area (TPSA) is 72.1 Å². The van der Waals surface area contributed by atoms with E-state index in [-0.39, 0.29) is 23.7 Å². The molecule has 0 aliphatic heterocycles. The Morgan fingerprint density at radius 2 is 2.24 bits per heavy atom. The highest BCUT2D eigenvalue weighted by Crippen LogP contribution is 2.39. The summed E-state index contributed by atoms with van der Waals surface area (Å²) in [5.74, 6) is 0.460. The number of rotatable bonds is 5. The average Bonchev–Trinajstić information content (AvgIpc) is 3.33. The second-order valence-corrected chi connectivity index (χ2v) is 5.89. The maximum atomic E-state index is 12.0. The molecule has 1 fully saturated rings. The second kappa shape index (κ2) is 5.81. The number of aromatic nitrogens is 2. The predicted octanol–water partition coefficient (Wildman–Crippen LogP) is 2.67. The van der Waals surface area contributed by atoms with Gasteiger partial charge in [0.15, 0.2) is 12.4 Å². The Bertz CT molecular complexity index is 720. The van der Waals surface area contributed by atoms with Crippen molar-refractivity contribution in [2.75, 3.05) is 6.61 Å². The van der Waals surface area contributed by atoms with Crippen LogP contribution in [-0.4, -0.2) is 22.4 Å². The maximum absolute atomic E-state index is 12.0. The summed E-state index contributed by atoms with van der Waals surface area (Å²) < 4.78 is 5.94. The number of aromatic amines is 1. The molecule has 1 aliphatic carbocycles. The maximum Gasteiger partial charge on any atom is 0.290 e. The smallest absolute Gasteiger partial charge is 0.290 e. The SMILES string of the molecule is O=C(COc1cc(Br)c[nH]c1=O)c1ccc(C2CC2)cn1. The summed E-state index contributed by atoms with van der Waals surface area (Å²) in [7, 11) is 0. The fraction of sp³-hybridized carbons (Fsp3) is 0.267. The van der Waals surface area contributed by atoms with Crippen LogP contribution in [-0.2, 0) is 0 Å². The summed E-state index contributed by atoms with van der Waals surface area (Å²) in [6.07, 6.45) is 5.65. The van der Waals surface area contributed by atoms with E-state index < -0.39 is 0 Å². The molecule has 0 amide bonds. The van der Waals surface area contributed by atoms with E-state index >= 15 is 0 Å². The third-order valence-electron chi connectivity index (χ3n) is 3.31. The van der Waals surface area contributed by atoms with Crippen molar-refractivity contribution in [2.24, 2.45) is 0 Å². The first-order valence-corrected chi connectivity index (χ1v) is 7.43. The first kappa shape index (κ1) is 14.0. The first-order chi connectivity index (χ1) is 10.1. The lowest BCUT2D eigenvalue weighted by molar-refractivity contribution is 0.0915. The first-order valence-electron chi connectivity index (χ1n) is 6.63. The molecule has 108 valence electrons. The van der Waals surface area contributed by atoms with E-state index in [1.807, 2.05) is 6.07 Å². The highest BCUT2D eigenvalue weighted by Gasteiger charge is 2.23. The molecule has 6 heteroatoms. The number of hydrogen-bond acceptors (Lipinski definition) is 4. The van der Waals surface area contributed by atoms with Crippen LogP contribution in [0.5, 0.6) is 5.75 Å². The average molecular weight is 349 g/mol. The van der Waals surface area contributed by atoms with Gasteiger partial charge in [0.25, 0.3) is 5.56 Å². The molecule has 2 heterocycles. The van der Waals surface area contributed by atoms with Gasteiger partial charge in [0.05, 0.1) is 0 Å². The van der Waals surface area contributed by atoms with Crippen molar-refractivity contribution in [3.05, 3.63) is 56.7 Å². The number of H-pyrrole nitrogens is 1. The van der Waals surface area contributed by atoms with Crippen molar-refractivity contribution in [3.8, 4) is 5.75 Å². The van der Waals surface area contributed by atoms with Gasteiger partial charge in [-0.3, -0.25) is 14.6 Å². The van der Waals surface area contributed by atoms with Crippen molar-refractivity contribution in [2.45, 2.75) is 18.8 Å². The summed E-state index contributed by atoms with van der Waals surface area (Å²) in [6.45, 7) is -0.213. The van der Waals surface area contributed by atoms with E-state index in [1.165, 1.54) is 30.7 Å². The number of pyridine rings is 2. The Labute approximate surface area is 129 Å². The third kappa shape index (κ3) is 3.39. The molecule has 2 aromatic rings. The molecule has 0 saturated heterocycles. The van der Waals surface area contributed by atoms with Crippen molar-refractivity contribution >= 4 is 21.7 Å². The number of hydrogen-bond donors (Lipinski definition) is 1. The molecule has 2 aromatic heterocycles. The summed E-state index contributed by atoms with van der Waals surface area (Å²) in [4.78, 5) is 30.2. The van der Waals surface area contributed by atoms with Gasteiger partial charge in [-0.25, -0.2) is 0 Å². The van der Waals surface area contributed by atoms with Gasteiger partial charge < -0.3 is 9.72 Å². The monoisotopic (exact) mass is 348 g/mol. The number of carbonyl (C=O) groups is 1. The minimum atomic E-state index is -0.372. The highest BCUT2D eigenvalue weighted by atomic mass is 79.9. The lowest BCUT2D eigenvalue weighted by atomic mass is 10.1. The van der Waals surface area contributed by atoms with Crippen LogP contribution in [0.15, 0.2) is 39.9 Å². The molecule has 21 heavy (non-hydrogen) atoms. The van der Waals surface area contributed by atoms with Gasteiger partial charge in [0.2, 0.25) is 5.78 Å². The zero-order chi connectivity index (χ0) is 14.8. The van der Waals surface area contributed by atoms with Crippen LogP contribution >= 0.6 is 15.9 Å². The fourth-order valence-electron chi connectivity index (χ4n) is 1.99. The van der Waals surface area contributed by atoms with Gasteiger partial charge >= 0.3 is 0 Å². The standard InChI is InChI=1S/C15H13BrN2O3/c16-11-5-14(15(20)18-7-11)21-8-13(19)12-4-3-10(6-17-12)9-1-2-9/h3-7,9H,1-2,8H2,(H,18,20). The molecule has 1 aliphatic rings. The normalized spacial score (nSPS) is 14.0. The minimum Gasteiger partial charge on any atom is -0.480 e. The second-order valence-electron chi connectivity index (χ2n) is 4.97. The van der Waals surface area contributed by atoms with E-state index in [2.05, 4.69) is 25.9 Å². The van der Waals surface area contributed by atoms with Gasteiger partial charge in [0, 0.05) is 22.9 Å². The number of halogens is 1. The summed E-state index contributed by atoms with van der Waals surface area (Å²) in [6, 6.07) is 5.17. The molecule has 1 N–H and O–H groups in total. The number of ketones is 1. The van der Waals surface area contributed by atoms with Crippen LogP contribution in [0.2, 0.25) is 0 Å². The lowest BCUT2D eigenvalue weighted by Gasteiger charge is -2.05. The Morgan fingerprint density at radius 1 is 1.43 bits per heavy atom. The van der Waals surface area contributed by atoms with Crippen LogP contribution in [0.25, 0.3) is 0 Å². The van der Waals surface area contributed by atoms with Gasteiger partial charge in [-0.15, -0.1) is 0 Å². The number of Topliss-reactive ketones (excluding diaryl/α,β-unsaturated/α-hetero) is 1. The third-order valence-corrected chi connectivity index (χ3v) is 3.77. The van der Waals surface area contributed by atoms with E-state index in [0.29, 0.717) is 16.1 Å². The summed E-state index contributed by atoms with van der Waals surface area (Å²) >= 11 is 3.23. The molecule has 0 unspecified atom stereocenters. The number of nitrogens with zero attached hydrogens (tertiary/aromatic N) is 1. The summed E-state index contributed by atoms with van der Waals surface area (Å²) in [5.41, 5.74) is 1.16. The van der Waals surface area contributed by atoms with E-state index in [4.69, 9.17) is 4.74 Å². The van der Waals surface area contributed by atoms with Crippen LogP contribution in [0.1, 0.15) is 34.8 Å². The Kier molecular flexibility index (Phi) is 3.88. The van der Waals surface area contributed by atoms with Crippen molar-refractivity contribution in [1.29, 1.82) is 0 Å². The Hall–Kier alpha value is -1.95. The van der Waals surface area contributed by atoms with Crippen LogP contribution in [0, 0.1) is 0 Å². The molecule has 0 aromatic carbocycles. The molecule has 0 radical (unpaired) electrons. The van der Waals surface area contributed by atoms with E-state index in [1.54, 1.807) is 12.3 Å². The quantitative estimate of drug-likeness (QED) is 0.843. The molecule has 3 rings (SSSR count). The highest BCUT2D eigenvalue weighted by molar-refractivity contribution is 9.10. The van der Waals surface area contributed by atoms with Gasteiger partial charge in [0.1, 0.15) is 5.69 Å². The zero-order valence-corrected chi connectivity index (χ0v) is 12.7. The Balaban J connectivity index is 1.65. The lowest BCUT2D eigenvalue weighted by Crippen LogP contribution is -2.17. The fourth-order valence-corrected chi connectivity index (χ4v) is 2.31. The Morgan fingerprint density at radius 3 is 2.90 bits per heavy atom. The molecule has 0 bridgehead atoms.